The first-order valence-corrected chi connectivity index (χ1v) is 8.25. The molecule has 134 valence electrons. The number of carbonyl (C=O) groups is 2. The molecule has 1 amide bonds. The van der Waals surface area contributed by atoms with Gasteiger partial charge in [0.05, 0.1) is 25.3 Å². The van der Waals surface area contributed by atoms with Crippen molar-refractivity contribution < 1.29 is 14.3 Å². The Labute approximate surface area is 148 Å². The molecule has 0 radical (unpaired) electrons. The standard InChI is InChI=1S/C19H25N3O3/c1-13(19(24)25-5)11-21(4)18(23)17-8-6-7-16(10-17)12-22-15(3)9-14(2)20-22/h6-10,13H,11-12H2,1-5H3. The van der Waals surface area contributed by atoms with Crippen molar-refractivity contribution in [3.8, 4) is 0 Å². The maximum absolute atomic E-state index is 12.6. The van der Waals surface area contributed by atoms with E-state index in [9.17, 15) is 9.59 Å². The van der Waals surface area contributed by atoms with Crippen LogP contribution in [0.2, 0.25) is 0 Å². The first-order chi connectivity index (χ1) is 11.8. The Morgan fingerprint density at radius 1 is 1.28 bits per heavy atom. The molecule has 0 aliphatic carbocycles. The molecule has 6 heteroatoms. The SMILES string of the molecule is COC(=O)C(C)CN(C)C(=O)c1cccc(Cn2nc(C)cc2C)c1. The Morgan fingerprint density at radius 2 is 2.00 bits per heavy atom. The van der Waals surface area contributed by atoms with Gasteiger partial charge in [-0.2, -0.15) is 5.10 Å². The number of hydrogen-bond acceptors (Lipinski definition) is 4. The lowest BCUT2D eigenvalue weighted by Crippen LogP contribution is -2.34. The second kappa shape index (κ2) is 7.96. The highest BCUT2D eigenvalue weighted by molar-refractivity contribution is 5.94. The molecule has 1 unspecified atom stereocenters. The fourth-order valence-electron chi connectivity index (χ4n) is 2.80. The van der Waals surface area contributed by atoms with Gasteiger partial charge in [0.2, 0.25) is 0 Å². The molecular weight excluding hydrogens is 318 g/mol. The lowest BCUT2D eigenvalue weighted by atomic mass is 10.1. The van der Waals surface area contributed by atoms with Crippen molar-refractivity contribution in [2.45, 2.75) is 27.3 Å². The lowest BCUT2D eigenvalue weighted by Gasteiger charge is -2.20. The monoisotopic (exact) mass is 343 g/mol. The molecule has 0 saturated heterocycles. The summed E-state index contributed by atoms with van der Waals surface area (Å²) in [4.78, 5) is 25.7. The first-order valence-electron chi connectivity index (χ1n) is 8.25. The third kappa shape index (κ3) is 4.68. The van der Waals surface area contributed by atoms with E-state index in [0.717, 1.165) is 17.0 Å². The van der Waals surface area contributed by atoms with Crippen LogP contribution in [-0.4, -0.2) is 47.3 Å². The Kier molecular flexibility index (Phi) is 5.96. The van der Waals surface area contributed by atoms with Gasteiger partial charge in [0, 0.05) is 24.8 Å². The van der Waals surface area contributed by atoms with E-state index in [2.05, 4.69) is 5.10 Å². The normalized spacial score (nSPS) is 11.9. The summed E-state index contributed by atoms with van der Waals surface area (Å²) in [5.74, 6) is -0.805. The van der Waals surface area contributed by atoms with Gasteiger partial charge in [-0.15, -0.1) is 0 Å². The Hall–Kier alpha value is -2.63. The van der Waals surface area contributed by atoms with Crippen LogP contribution in [0, 0.1) is 19.8 Å². The van der Waals surface area contributed by atoms with E-state index in [4.69, 9.17) is 4.74 Å². The van der Waals surface area contributed by atoms with Crippen LogP contribution in [0.4, 0.5) is 0 Å². The van der Waals surface area contributed by atoms with Crippen LogP contribution in [0.5, 0.6) is 0 Å². The van der Waals surface area contributed by atoms with Crippen molar-refractivity contribution in [1.29, 1.82) is 0 Å². The quantitative estimate of drug-likeness (QED) is 0.756. The zero-order valence-corrected chi connectivity index (χ0v) is 15.4. The summed E-state index contributed by atoms with van der Waals surface area (Å²) < 4.78 is 6.63. The average Bonchev–Trinajstić information content (AvgIpc) is 2.90. The van der Waals surface area contributed by atoms with Crippen molar-refractivity contribution in [2.24, 2.45) is 5.92 Å². The number of aryl methyl sites for hydroxylation is 2. The fraction of sp³-hybridized carbons (Fsp3) is 0.421. The Morgan fingerprint density at radius 3 is 2.60 bits per heavy atom. The number of hydrogen-bond donors (Lipinski definition) is 0. The van der Waals surface area contributed by atoms with Gasteiger partial charge in [0.15, 0.2) is 0 Å². The van der Waals surface area contributed by atoms with Crippen molar-refractivity contribution >= 4 is 11.9 Å². The number of esters is 1. The number of aromatic nitrogens is 2. The van der Waals surface area contributed by atoms with Crippen molar-refractivity contribution in [1.82, 2.24) is 14.7 Å². The van der Waals surface area contributed by atoms with Crippen LogP contribution in [-0.2, 0) is 16.1 Å². The first kappa shape index (κ1) is 18.7. The van der Waals surface area contributed by atoms with Crippen molar-refractivity contribution in [2.75, 3.05) is 20.7 Å². The van der Waals surface area contributed by atoms with Crippen LogP contribution in [0.15, 0.2) is 30.3 Å². The van der Waals surface area contributed by atoms with Crippen LogP contribution >= 0.6 is 0 Å². The molecule has 1 heterocycles. The molecule has 6 nitrogen and oxygen atoms in total. The zero-order chi connectivity index (χ0) is 18.6. The van der Waals surface area contributed by atoms with E-state index >= 15 is 0 Å². The van der Waals surface area contributed by atoms with Crippen LogP contribution in [0.3, 0.4) is 0 Å². The third-order valence-electron chi connectivity index (χ3n) is 4.11. The summed E-state index contributed by atoms with van der Waals surface area (Å²) in [5, 5.41) is 4.45. The minimum atomic E-state index is -0.364. The molecule has 0 N–H and O–H groups in total. The lowest BCUT2D eigenvalue weighted by molar-refractivity contribution is -0.145. The van der Waals surface area contributed by atoms with Gasteiger partial charge in [-0.1, -0.05) is 19.1 Å². The zero-order valence-electron chi connectivity index (χ0n) is 15.4. The molecule has 1 aromatic heterocycles. The van der Waals surface area contributed by atoms with Crippen LogP contribution in [0.25, 0.3) is 0 Å². The molecule has 0 bridgehead atoms. The highest BCUT2D eigenvalue weighted by Crippen LogP contribution is 2.12. The highest BCUT2D eigenvalue weighted by atomic mass is 16.5. The Balaban J connectivity index is 2.10. The number of nitrogens with zero attached hydrogens (tertiary/aromatic N) is 3. The number of benzene rings is 1. The highest BCUT2D eigenvalue weighted by Gasteiger charge is 2.19. The van der Waals surface area contributed by atoms with Gasteiger partial charge in [-0.25, -0.2) is 0 Å². The maximum atomic E-state index is 12.6. The second-order valence-corrected chi connectivity index (χ2v) is 6.40. The van der Waals surface area contributed by atoms with Gasteiger partial charge in [0.25, 0.3) is 5.91 Å². The summed E-state index contributed by atoms with van der Waals surface area (Å²) in [6.45, 7) is 6.64. The topological polar surface area (TPSA) is 64.4 Å². The fourth-order valence-corrected chi connectivity index (χ4v) is 2.80. The van der Waals surface area contributed by atoms with Gasteiger partial charge in [-0.05, 0) is 37.6 Å². The smallest absolute Gasteiger partial charge is 0.310 e. The number of carbonyl (C=O) groups excluding carboxylic acids is 2. The summed E-state index contributed by atoms with van der Waals surface area (Å²) in [6.07, 6.45) is 0. The molecule has 0 spiro atoms. The van der Waals surface area contributed by atoms with Crippen LogP contribution in [0.1, 0.15) is 34.2 Å². The number of rotatable bonds is 6. The average molecular weight is 343 g/mol. The molecule has 0 aliphatic rings. The molecule has 25 heavy (non-hydrogen) atoms. The summed E-state index contributed by atoms with van der Waals surface area (Å²) >= 11 is 0. The van der Waals surface area contributed by atoms with E-state index in [1.165, 1.54) is 7.11 Å². The summed E-state index contributed by atoms with van der Waals surface area (Å²) in [6, 6.07) is 9.53. The molecule has 1 aromatic carbocycles. The molecule has 0 aliphatic heterocycles. The third-order valence-corrected chi connectivity index (χ3v) is 4.11. The minimum Gasteiger partial charge on any atom is -0.469 e. The van der Waals surface area contributed by atoms with E-state index in [1.54, 1.807) is 24.9 Å². The molecule has 0 fully saturated rings. The maximum Gasteiger partial charge on any atom is 0.310 e. The molecule has 1 atom stereocenters. The molecule has 0 saturated carbocycles. The van der Waals surface area contributed by atoms with E-state index in [-0.39, 0.29) is 17.8 Å². The van der Waals surface area contributed by atoms with E-state index in [1.807, 2.05) is 42.8 Å². The second-order valence-electron chi connectivity index (χ2n) is 6.40. The van der Waals surface area contributed by atoms with Crippen molar-refractivity contribution in [3.05, 3.63) is 52.8 Å². The molecule has 2 aromatic rings. The van der Waals surface area contributed by atoms with Gasteiger partial charge < -0.3 is 9.64 Å². The Bertz CT molecular complexity index is 767. The summed E-state index contributed by atoms with van der Waals surface area (Å²) in [5.41, 5.74) is 3.66. The van der Waals surface area contributed by atoms with Crippen LogP contribution < -0.4 is 0 Å². The largest absolute Gasteiger partial charge is 0.469 e. The number of amides is 1. The van der Waals surface area contributed by atoms with E-state index in [0.29, 0.717) is 18.7 Å². The number of ether oxygens (including phenoxy) is 1. The number of methoxy groups -OCH3 is 1. The van der Waals surface area contributed by atoms with E-state index < -0.39 is 0 Å². The van der Waals surface area contributed by atoms with Gasteiger partial charge in [-0.3, -0.25) is 14.3 Å². The molecular formula is C19H25N3O3. The predicted octanol–water partition coefficient (Wildman–Crippen LogP) is 2.43. The summed E-state index contributed by atoms with van der Waals surface area (Å²) in [7, 11) is 3.04. The van der Waals surface area contributed by atoms with Gasteiger partial charge in [0.1, 0.15) is 0 Å². The molecule has 2 rings (SSSR count). The van der Waals surface area contributed by atoms with Crippen molar-refractivity contribution in [3.63, 3.8) is 0 Å². The van der Waals surface area contributed by atoms with Gasteiger partial charge >= 0.3 is 5.97 Å². The predicted molar refractivity (Wildman–Crippen MR) is 95.4 cm³/mol. The minimum absolute atomic E-state index is 0.119.